The van der Waals surface area contributed by atoms with Gasteiger partial charge in [0.05, 0.1) is 29.6 Å². The van der Waals surface area contributed by atoms with E-state index in [4.69, 9.17) is 24.2 Å². The highest BCUT2D eigenvalue weighted by atomic mass is 79.9. The first kappa shape index (κ1) is 24.7. The van der Waals surface area contributed by atoms with Crippen molar-refractivity contribution in [1.82, 2.24) is 0 Å². The van der Waals surface area contributed by atoms with Crippen LogP contribution in [0.3, 0.4) is 0 Å². The van der Waals surface area contributed by atoms with E-state index in [1.54, 1.807) is 0 Å². The number of furan rings is 1. The molecule has 0 aliphatic carbocycles. The van der Waals surface area contributed by atoms with E-state index in [2.05, 4.69) is 51.3 Å². The standard InChI is InChI=1S/C31H27BrN6O2/c1-3-39-22-15-13-20(14-16-22)33-29-31-35-30-27(19(2)36-38(30)21-9-5-4-6-10-21)28(25-17-18-26(32)40-25)37(31)24-12-8-7-11-23(24)34-29/h4-18,27-28,30H,3H2,1-2H3,(H,33,34)/t27-,28-,30+/m1/s1. The van der Waals surface area contributed by atoms with Gasteiger partial charge in [-0.1, -0.05) is 30.3 Å². The topological polar surface area (TPSA) is 78.0 Å². The molecular weight excluding hydrogens is 568 g/mol. The van der Waals surface area contributed by atoms with E-state index in [-0.39, 0.29) is 18.1 Å². The van der Waals surface area contributed by atoms with Crippen molar-refractivity contribution < 1.29 is 9.15 Å². The fraction of sp³-hybridized carbons (Fsp3) is 0.194. The summed E-state index contributed by atoms with van der Waals surface area (Å²) in [5, 5.41) is 10.6. The SMILES string of the molecule is CCOc1ccc(NC2=Nc3ccccc3N3C2=N[C@@H]2[C@H](C(C)=NN2c2ccccc2)[C@H]3c2ccc(Br)o2)cc1. The number of hydrogen-bond donors (Lipinski definition) is 1. The van der Waals surface area contributed by atoms with Crippen molar-refractivity contribution in [3.63, 3.8) is 0 Å². The van der Waals surface area contributed by atoms with Gasteiger partial charge in [0.15, 0.2) is 22.5 Å². The highest BCUT2D eigenvalue weighted by Gasteiger charge is 2.51. The van der Waals surface area contributed by atoms with Gasteiger partial charge in [-0.25, -0.2) is 15.0 Å². The van der Waals surface area contributed by atoms with Crippen molar-refractivity contribution >= 4 is 56.1 Å². The summed E-state index contributed by atoms with van der Waals surface area (Å²) in [5.41, 5.74) is 4.70. The number of hydrogen-bond acceptors (Lipinski definition) is 8. The first-order valence-electron chi connectivity index (χ1n) is 13.3. The Kier molecular flexibility index (Phi) is 6.15. The van der Waals surface area contributed by atoms with Gasteiger partial charge in [-0.2, -0.15) is 5.10 Å². The molecule has 40 heavy (non-hydrogen) atoms. The number of fused-ring (bicyclic) bond motifs is 4. The number of rotatable bonds is 5. The number of amidine groups is 2. The van der Waals surface area contributed by atoms with Gasteiger partial charge >= 0.3 is 0 Å². The van der Waals surface area contributed by atoms with E-state index in [0.717, 1.165) is 45.8 Å². The number of anilines is 3. The molecule has 200 valence electrons. The molecule has 0 spiro atoms. The van der Waals surface area contributed by atoms with Crippen molar-refractivity contribution in [1.29, 1.82) is 0 Å². The summed E-state index contributed by atoms with van der Waals surface area (Å²) in [5.74, 6) is 2.99. The molecular formula is C31H27BrN6O2. The molecule has 1 aromatic heterocycles. The van der Waals surface area contributed by atoms with Gasteiger partial charge in [0.25, 0.3) is 0 Å². The van der Waals surface area contributed by atoms with Crippen LogP contribution in [0.2, 0.25) is 0 Å². The summed E-state index contributed by atoms with van der Waals surface area (Å²) in [6.07, 6.45) is -0.278. The van der Waals surface area contributed by atoms with Gasteiger partial charge in [0.2, 0.25) is 0 Å². The number of aliphatic imine (C=N–C) groups is 2. The molecule has 0 radical (unpaired) electrons. The van der Waals surface area contributed by atoms with Crippen molar-refractivity contribution in [3.05, 3.63) is 101 Å². The summed E-state index contributed by atoms with van der Waals surface area (Å²) < 4.78 is 12.6. The highest BCUT2D eigenvalue weighted by Crippen LogP contribution is 2.49. The fourth-order valence-electron chi connectivity index (χ4n) is 5.65. The Hall–Kier alpha value is -4.37. The number of nitrogens with zero attached hydrogens (tertiary/aromatic N) is 5. The number of halogens is 1. The average Bonchev–Trinajstić information content (AvgIpc) is 3.56. The molecule has 0 fully saturated rings. The van der Waals surface area contributed by atoms with Gasteiger partial charge in [-0.3, -0.25) is 0 Å². The van der Waals surface area contributed by atoms with Crippen LogP contribution in [0.25, 0.3) is 0 Å². The van der Waals surface area contributed by atoms with E-state index in [1.807, 2.05) is 84.7 Å². The minimum absolute atomic E-state index is 0.0557. The van der Waals surface area contributed by atoms with Crippen LogP contribution in [-0.4, -0.2) is 30.2 Å². The van der Waals surface area contributed by atoms with Crippen molar-refractivity contribution in [2.24, 2.45) is 21.0 Å². The van der Waals surface area contributed by atoms with Gasteiger partial charge < -0.3 is 19.4 Å². The molecule has 0 unspecified atom stereocenters. The van der Waals surface area contributed by atoms with Crippen LogP contribution < -0.4 is 20.0 Å². The number of ether oxygens (including phenoxy) is 1. The monoisotopic (exact) mass is 594 g/mol. The third kappa shape index (κ3) is 4.17. The third-order valence-electron chi connectivity index (χ3n) is 7.34. The molecule has 9 heteroatoms. The second-order valence-corrected chi connectivity index (χ2v) is 10.6. The van der Waals surface area contributed by atoms with E-state index >= 15 is 0 Å². The predicted octanol–water partition coefficient (Wildman–Crippen LogP) is 7.39. The van der Waals surface area contributed by atoms with Crippen LogP contribution in [0.4, 0.5) is 22.7 Å². The molecule has 0 bridgehead atoms. The lowest BCUT2D eigenvalue weighted by molar-refractivity contribution is 0.340. The lowest BCUT2D eigenvalue weighted by Gasteiger charge is -2.45. The molecule has 1 N–H and O–H groups in total. The molecule has 8 nitrogen and oxygen atoms in total. The predicted molar refractivity (Wildman–Crippen MR) is 163 cm³/mol. The Balaban J connectivity index is 1.39. The van der Waals surface area contributed by atoms with Crippen LogP contribution >= 0.6 is 15.9 Å². The zero-order valence-electron chi connectivity index (χ0n) is 22.0. The summed E-state index contributed by atoms with van der Waals surface area (Å²) >= 11 is 3.53. The molecule has 0 amide bonds. The normalized spacial score (nSPS) is 21.1. The fourth-order valence-corrected chi connectivity index (χ4v) is 5.97. The van der Waals surface area contributed by atoms with Gasteiger partial charge in [-0.05, 0) is 90.4 Å². The summed E-state index contributed by atoms with van der Waals surface area (Å²) in [4.78, 5) is 12.7. The molecule has 7 rings (SSSR count). The Labute approximate surface area is 240 Å². The highest BCUT2D eigenvalue weighted by molar-refractivity contribution is 9.10. The van der Waals surface area contributed by atoms with Crippen molar-refractivity contribution in [2.45, 2.75) is 26.1 Å². The maximum Gasteiger partial charge on any atom is 0.174 e. The molecule has 3 aliphatic heterocycles. The van der Waals surface area contributed by atoms with E-state index in [0.29, 0.717) is 17.1 Å². The maximum atomic E-state index is 6.25. The number of nitrogens with one attached hydrogen (secondary N) is 1. The average molecular weight is 596 g/mol. The van der Waals surface area contributed by atoms with Gasteiger partial charge in [0.1, 0.15) is 17.6 Å². The lowest BCUT2D eigenvalue weighted by atomic mass is 9.86. The molecule has 0 saturated heterocycles. The molecule has 4 aromatic rings. The maximum absolute atomic E-state index is 6.25. The van der Waals surface area contributed by atoms with Crippen molar-refractivity contribution in [2.75, 3.05) is 21.8 Å². The first-order valence-corrected chi connectivity index (χ1v) is 14.1. The van der Waals surface area contributed by atoms with Crippen LogP contribution in [0.15, 0.2) is 115 Å². The van der Waals surface area contributed by atoms with Gasteiger partial charge in [-0.15, -0.1) is 0 Å². The third-order valence-corrected chi connectivity index (χ3v) is 7.77. The minimum Gasteiger partial charge on any atom is -0.494 e. The van der Waals surface area contributed by atoms with Crippen LogP contribution in [0, 0.1) is 5.92 Å². The number of benzene rings is 3. The molecule has 3 atom stereocenters. The summed E-state index contributed by atoms with van der Waals surface area (Å²) in [7, 11) is 0. The molecule has 0 saturated carbocycles. The largest absolute Gasteiger partial charge is 0.494 e. The zero-order chi connectivity index (χ0) is 27.2. The Morgan fingerprint density at radius 2 is 1.73 bits per heavy atom. The Bertz CT molecular complexity index is 1650. The quantitative estimate of drug-likeness (QED) is 0.260. The molecule has 4 heterocycles. The lowest BCUT2D eigenvalue weighted by Crippen LogP contribution is -2.54. The zero-order valence-corrected chi connectivity index (χ0v) is 23.6. The van der Waals surface area contributed by atoms with Gasteiger partial charge in [0, 0.05) is 11.4 Å². The molecule has 3 aromatic carbocycles. The second kappa shape index (κ2) is 9.98. The smallest absolute Gasteiger partial charge is 0.174 e. The number of para-hydroxylation sites is 3. The summed E-state index contributed by atoms with van der Waals surface area (Å²) in [6.45, 7) is 4.67. The van der Waals surface area contributed by atoms with Crippen LogP contribution in [0.1, 0.15) is 25.6 Å². The van der Waals surface area contributed by atoms with E-state index < -0.39 is 0 Å². The van der Waals surface area contributed by atoms with E-state index in [1.165, 1.54) is 0 Å². The van der Waals surface area contributed by atoms with Crippen LogP contribution in [-0.2, 0) is 0 Å². The Morgan fingerprint density at radius 3 is 2.48 bits per heavy atom. The summed E-state index contributed by atoms with van der Waals surface area (Å²) in [6, 6.07) is 30.0. The van der Waals surface area contributed by atoms with E-state index in [9.17, 15) is 0 Å². The van der Waals surface area contributed by atoms with Crippen molar-refractivity contribution in [3.8, 4) is 5.75 Å². The number of hydrazone groups is 1. The Morgan fingerprint density at radius 1 is 0.950 bits per heavy atom. The van der Waals surface area contributed by atoms with Crippen LogP contribution in [0.5, 0.6) is 5.75 Å². The minimum atomic E-state index is -0.278. The second-order valence-electron chi connectivity index (χ2n) is 9.80. The first-order chi connectivity index (χ1) is 19.6. The molecule has 3 aliphatic rings.